The van der Waals surface area contributed by atoms with Crippen LogP contribution in [-0.4, -0.2) is 41.7 Å². The Balaban J connectivity index is 2.01. The second-order valence-electron chi connectivity index (χ2n) is 6.86. The van der Waals surface area contributed by atoms with Gasteiger partial charge in [-0.25, -0.2) is 9.59 Å². The molecule has 172 valence electrons. The van der Waals surface area contributed by atoms with E-state index in [1.807, 2.05) is 6.92 Å². The number of ether oxygens (including phenoxy) is 3. The van der Waals surface area contributed by atoms with E-state index in [2.05, 4.69) is 16.7 Å². The van der Waals surface area contributed by atoms with E-state index >= 15 is 0 Å². The van der Waals surface area contributed by atoms with Gasteiger partial charge in [0.05, 0.1) is 30.3 Å². The lowest BCUT2D eigenvalue weighted by Gasteiger charge is -2.16. The summed E-state index contributed by atoms with van der Waals surface area (Å²) in [5.41, 5.74) is 0.519. The molecular weight excluding hydrogens is 426 g/mol. The van der Waals surface area contributed by atoms with Crippen molar-refractivity contribution < 1.29 is 19.0 Å². The number of carbonyl (C=O) groups is 1. The van der Waals surface area contributed by atoms with E-state index in [1.165, 1.54) is 6.21 Å². The zero-order valence-corrected chi connectivity index (χ0v) is 18.5. The second kappa shape index (κ2) is 10.9. The fourth-order valence-electron chi connectivity index (χ4n) is 3.21. The van der Waals surface area contributed by atoms with Crippen LogP contribution in [0.3, 0.4) is 0 Å². The number of para-hydroxylation sites is 1. The first kappa shape index (κ1) is 23.5. The van der Waals surface area contributed by atoms with Crippen molar-refractivity contribution in [1.82, 2.24) is 9.66 Å². The van der Waals surface area contributed by atoms with Gasteiger partial charge in [-0.2, -0.15) is 5.10 Å². The highest BCUT2D eigenvalue weighted by Gasteiger charge is 2.15. The molecule has 0 aliphatic rings. The normalized spacial score (nSPS) is 11.0. The van der Waals surface area contributed by atoms with Crippen molar-refractivity contribution in [3.8, 4) is 11.5 Å². The molecule has 0 atom stereocenters. The average Bonchev–Trinajstić information content (AvgIpc) is 2.79. The third kappa shape index (κ3) is 5.57. The predicted molar refractivity (Wildman–Crippen MR) is 125 cm³/mol. The van der Waals surface area contributed by atoms with Crippen LogP contribution >= 0.6 is 0 Å². The van der Waals surface area contributed by atoms with Crippen LogP contribution in [0.5, 0.6) is 11.5 Å². The Morgan fingerprint density at radius 2 is 1.94 bits per heavy atom. The molecule has 0 fully saturated rings. The Hall–Kier alpha value is -4.14. The lowest BCUT2D eigenvalue weighted by atomic mass is 10.1. The molecule has 0 amide bonds. The number of allylic oxidation sites excluding steroid dienone is 1. The summed E-state index contributed by atoms with van der Waals surface area (Å²) in [6.45, 7) is 7.63. The SMILES string of the molecule is C=CCc1cc(C=Nn2c(=O)[nH]c3ccccc3c2=O)cc(OCC)c1OCC(=O)OCC. The topological polar surface area (TPSA) is 112 Å². The van der Waals surface area contributed by atoms with Crippen LogP contribution in [-0.2, 0) is 16.0 Å². The van der Waals surface area contributed by atoms with E-state index in [9.17, 15) is 14.4 Å². The van der Waals surface area contributed by atoms with E-state index < -0.39 is 17.2 Å². The van der Waals surface area contributed by atoms with Gasteiger partial charge in [0.15, 0.2) is 18.1 Å². The molecule has 9 heteroatoms. The summed E-state index contributed by atoms with van der Waals surface area (Å²) in [5, 5.41) is 4.44. The van der Waals surface area contributed by atoms with Crippen LogP contribution in [0.25, 0.3) is 10.9 Å². The van der Waals surface area contributed by atoms with Gasteiger partial charge in [0.25, 0.3) is 5.56 Å². The number of rotatable bonds is 10. The molecular formula is C24H25N3O6. The van der Waals surface area contributed by atoms with Crippen molar-refractivity contribution in [1.29, 1.82) is 0 Å². The predicted octanol–water partition coefficient (Wildman–Crippen LogP) is 2.64. The number of aromatic amines is 1. The minimum Gasteiger partial charge on any atom is -0.490 e. The van der Waals surface area contributed by atoms with Gasteiger partial charge in [0, 0.05) is 5.56 Å². The molecule has 1 aromatic heterocycles. The molecule has 0 bridgehead atoms. The number of nitrogens with one attached hydrogen (secondary N) is 1. The van der Waals surface area contributed by atoms with Crippen LogP contribution in [0.1, 0.15) is 25.0 Å². The van der Waals surface area contributed by atoms with Crippen molar-refractivity contribution in [2.75, 3.05) is 19.8 Å². The monoisotopic (exact) mass is 451 g/mol. The summed E-state index contributed by atoms with van der Waals surface area (Å²) >= 11 is 0. The first-order valence-corrected chi connectivity index (χ1v) is 10.5. The zero-order chi connectivity index (χ0) is 23.8. The number of carbonyl (C=O) groups excluding carboxylic acids is 1. The van der Waals surface area contributed by atoms with Gasteiger partial charge in [-0.15, -0.1) is 11.3 Å². The van der Waals surface area contributed by atoms with Crippen LogP contribution in [0, 0.1) is 0 Å². The van der Waals surface area contributed by atoms with E-state index in [0.29, 0.717) is 46.6 Å². The van der Waals surface area contributed by atoms with E-state index in [4.69, 9.17) is 14.2 Å². The maximum atomic E-state index is 12.7. The lowest BCUT2D eigenvalue weighted by molar-refractivity contribution is -0.145. The largest absolute Gasteiger partial charge is 0.490 e. The molecule has 1 N–H and O–H groups in total. The Morgan fingerprint density at radius 1 is 1.15 bits per heavy atom. The van der Waals surface area contributed by atoms with Crippen LogP contribution in [0.15, 0.2) is 63.7 Å². The fourth-order valence-corrected chi connectivity index (χ4v) is 3.21. The van der Waals surface area contributed by atoms with Crippen LogP contribution < -0.4 is 20.7 Å². The van der Waals surface area contributed by atoms with Crippen molar-refractivity contribution in [3.63, 3.8) is 0 Å². The number of esters is 1. The van der Waals surface area contributed by atoms with Gasteiger partial charge >= 0.3 is 11.7 Å². The zero-order valence-electron chi connectivity index (χ0n) is 18.5. The number of hydrogen-bond donors (Lipinski definition) is 1. The molecule has 33 heavy (non-hydrogen) atoms. The molecule has 2 aromatic carbocycles. The van der Waals surface area contributed by atoms with Crippen LogP contribution in [0.4, 0.5) is 0 Å². The van der Waals surface area contributed by atoms with Crippen molar-refractivity contribution in [2.24, 2.45) is 5.10 Å². The van der Waals surface area contributed by atoms with Gasteiger partial charge < -0.3 is 19.2 Å². The van der Waals surface area contributed by atoms with Crippen molar-refractivity contribution in [3.05, 3.63) is 81.0 Å². The van der Waals surface area contributed by atoms with Gasteiger partial charge in [-0.1, -0.05) is 18.2 Å². The molecule has 0 aliphatic carbocycles. The highest BCUT2D eigenvalue weighted by Crippen LogP contribution is 2.33. The number of benzene rings is 2. The van der Waals surface area contributed by atoms with Crippen molar-refractivity contribution >= 4 is 23.1 Å². The molecule has 1 heterocycles. The molecule has 3 aromatic rings. The number of fused-ring (bicyclic) bond motifs is 1. The average molecular weight is 451 g/mol. The number of H-pyrrole nitrogens is 1. The molecule has 0 unspecified atom stereocenters. The molecule has 3 rings (SSSR count). The summed E-state index contributed by atoms with van der Waals surface area (Å²) in [6.07, 6.45) is 3.49. The summed E-state index contributed by atoms with van der Waals surface area (Å²) in [6, 6.07) is 10.1. The Morgan fingerprint density at radius 3 is 2.67 bits per heavy atom. The van der Waals surface area contributed by atoms with Gasteiger partial charge in [0.2, 0.25) is 0 Å². The number of hydrogen-bond acceptors (Lipinski definition) is 7. The first-order chi connectivity index (χ1) is 16.0. The van der Waals surface area contributed by atoms with E-state index in [0.717, 1.165) is 4.68 Å². The highest BCUT2D eigenvalue weighted by atomic mass is 16.6. The fraction of sp³-hybridized carbons (Fsp3) is 0.250. The lowest BCUT2D eigenvalue weighted by Crippen LogP contribution is -2.32. The Bertz CT molecular complexity index is 1310. The minimum absolute atomic E-state index is 0.253. The number of aromatic nitrogens is 2. The van der Waals surface area contributed by atoms with E-state index in [1.54, 1.807) is 49.4 Å². The Labute approximate surface area is 189 Å². The summed E-state index contributed by atoms with van der Waals surface area (Å²) < 4.78 is 17.1. The Kier molecular flexibility index (Phi) is 7.80. The maximum absolute atomic E-state index is 12.7. The molecule has 0 spiro atoms. The number of nitrogens with zero attached hydrogens (tertiary/aromatic N) is 2. The minimum atomic E-state index is -0.652. The molecule has 0 saturated carbocycles. The molecule has 9 nitrogen and oxygen atoms in total. The van der Waals surface area contributed by atoms with Gasteiger partial charge in [-0.05, 0) is 50.1 Å². The van der Waals surface area contributed by atoms with Gasteiger partial charge in [-0.3, -0.25) is 4.79 Å². The summed E-state index contributed by atoms with van der Waals surface area (Å²) in [4.78, 5) is 39.4. The maximum Gasteiger partial charge on any atom is 0.349 e. The third-order valence-electron chi connectivity index (χ3n) is 4.56. The quantitative estimate of drug-likeness (QED) is 0.288. The third-order valence-corrected chi connectivity index (χ3v) is 4.56. The standard InChI is InChI=1S/C24H25N3O6/c1-4-9-17-12-16(13-20(31-5-2)22(17)33-15-21(28)32-6-3)14-25-27-23(29)18-10-7-8-11-19(18)26-24(27)30/h4,7-8,10-14H,1,5-6,9,15H2,2-3H3,(H,26,30). The second-order valence-corrected chi connectivity index (χ2v) is 6.86. The molecule has 0 saturated heterocycles. The highest BCUT2D eigenvalue weighted by molar-refractivity contribution is 5.82. The first-order valence-electron chi connectivity index (χ1n) is 10.5. The smallest absolute Gasteiger partial charge is 0.349 e. The van der Waals surface area contributed by atoms with Crippen LogP contribution in [0.2, 0.25) is 0 Å². The van der Waals surface area contributed by atoms with E-state index in [-0.39, 0.29) is 13.2 Å². The summed E-state index contributed by atoms with van der Waals surface area (Å²) in [5.74, 6) is 0.287. The van der Waals surface area contributed by atoms with Crippen molar-refractivity contribution in [2.45, 2.75) is 20.3 Å². The molecule has 0 aliphatic heterocycles. The molecule has 0 radical (unpaired) electrons. The van der Waals surface area contributed by atoms with Gasteiger partial charge in [0.1, 0.15) is 0 Å². The summed E-state index contributed by atoms with van der Waals surface area (Å²) in [7, 11) is 0.